The van der Waals surface area contributed by atoms with Crippen molar-refractivity contribution in [3.63, 3.8) is 0 Å². The molecule has 0 aliphatic rings. The maximum Gasteiger partial charge on any atom is 0.160 e. The van der Waals surface area contributed by atoms with Gasteiger partial charge in [0.1, 0.15) is 12.3 Å². The van der Waals surface area contributed by atoms with Crippen LogP contribution in [0.15, 0.2) is 41.1 Å². The predicted octanol–water partition coefficient (Wildman–Crippen LogP) is 3.28. The Morgan fingerprint density at radius 1 is 1.30 bits per heavy atom. The van der Waals surface area contributed by atoms with Crippen LogP contribution in [-0.4, -0.2) is 21.3 Å². The molecule has 3 heterocycles. The smallest absolute Gasteiger partial charge is 0.160 e. The number of furan rings is 1. The first-order valence-electron chi connectivity index (χ1n) is 6.96. The molecule has 0 saturated heterocycles. The highest BCUT2D eigenvalue weighted by Gasteiger charge is 2.11. The van der Waals surface area contributed by atoms with E-state index in [1.54, 1.807) is 12.5 Å². The van der Waals surface area contributed by atoms with Crippen molar-refractivity contribution in [2.45, 2.75) is 26.3 Å². The van der Waals surface area contributed by atoms with Crippen molar-refractivity contribution in [3.05, 3.63) is 42.5 Å². The van der Waals surface area contributed by atoms with Crippen LogP contribution >= 0.6 is 0 Å². The lowest BCUT2D eigenvalue weighted by Gasteiger charge is -2.01. The van der Waals surface area contributed by atoms with Crippen LogP contribution in [0.3, 0.4) is 0 Å². The molecule has 5 nitrogen and oxygen atoms in total. The first-order valence-corrected chi connectivity index (χ1v) is 6.96. The minimum atomic E-state index is 0.593. The number of aromatic nitrogens is 3. The highest BCUT2D eigenvalue weighted by Crippen LogP contribution is 2.21. The van der Waals surface area contributed by atoms with Crippen molar-refractivity contribution < 1.29 is 4.42 Å². The van der Waals surface area contributed by atoms with Gasteiger partial charge in [0.05, 0.1) is 11.6 Å². The van der Waals surface area contributed by atoms with E-state index in [1.807, 2.05) is 28.9 Å². The summed E-state index contributed by atoms with van der Waals surface area (Å²) in [5.74, 6) is 1.77. The van der Waals surface area contributed by atoms with Gasteiger partial charge in [-0.05, 0) is 30.7 Å². The summed E-state index contributed by atoms with van der Waals surface area (Å²) in [4.78, 5) is 4.43. The van der Waals surface area contributed by atoms with Gasteiger partial charge in [-0.1, -0.05) is 13.3 Å². The van der Waals surface area contributed by atoms with E-state index in [2.05, 4.69) is 22.3 Å². The number of rotatable bonds is 6. The maximum absolute atomic E-state index is 5.39. The molecule has 3 aromatic rings. The number of hydrogen-bond donors (Lipinski definition) is 1. The Balaban J connectivity index is 1.91. The van der Waals surface area contributed by atoms with E-state index in [0.717, 1.165) is 42.0 Å². The third kappa shape index (κ3) is 2.52. The monoisotopic (exact) mass is 270 g/mol. The molecule has 0 unspecified atom stereocenters. The van der Waals surface area contributed by atoms with Crippen LogP contribution in [0.4, 0.5) is 5.82 Å². The summed E-state index contributed by atoms with van der Waals surface area (Å²) in [6, 6.07) is 7.81. The minimum absolute atomic E-state index is 0.593. The Labute approximate surface area is 117 Å². The van der Waals surface area contributed by atoms with Gasteiger partial charge in [-0.3, -0.25) is 0 Å². The van der Waals surface area contributed by atoms with Crippen molar-refractivity contribution in [2.75, 3.05) is 11.9 Å². The molecule has 20 heavy (non-hydrogen) atoms. The molecule has 0 aliphatic carbocycles. The molecular formula is C15H18N4O. The van der Waals surface area contributed by atoms with Crippen LogP contribution in [0.25, 0.3) is 11.0 Å². The zero-order chi connectivity index (χ0) is 13.8. The van der Waals surface area contributed by atoms with E-state index in [4.69, 9.17) is 4.42 Å². The lowest BCUT2D eigenvalue weighted by Crippen LogP contribution is -2.04. The van der Waals surface area contributed by atoms with Gasteiger partial charge in [0.2, 0.25) is 0 Å². The molecule has 5 heteroatoms. The first kappa shape index (κ1) is 12.7. The van der Waals surface area contributed by atoms with Gasteiger partial charge in [0, 0.05) is 12.7 Å². The summed E-state index contributed by atoms with van der Waals surface area (Å²) >= 11 is 0. The van der Waals surface area contributed by atoms with E-state index >= 15 is 0 Å². The third-order valence-electron chi connectivity index (χ3n) is 3.22. The molecule has 0 spiro atoms. The van der Waals surface area contributed by atoms with Crippen molar-refractivity contribution in [1.82, 2.24) is 14.8 Å². The van der Waals surface area contributed by atoms with Crippen LogP contribution in [0.5, 0.6) is 0 Å². The second-order valence-electron chi connectivity index (χ2n) is 4.74. The van der Waals surface area contributed by atoms with Gasteiger partial charge in [-0.25, -0.2) is 9.67 Å². The Kier molecular flexibility index (Phi) is 3.67. The molecule has 0 fully saturated rings. The molecule has 0 aliphatic heterocycles. The second-order valence-corrected chi connectivity index (χ2v) is 4.74. The van der Waals surface area contributed by atoms with Gasteiger partial charge >= 0.3 is 0 Å². The lowest BCUT2D eigenvalue weighted by atomic mass is 10.3. The normalized spacial score (nSPS) is 11.1. The van der Waals surface area contributed by atoms with Crippen LogP contribution in [0, 0.1) is 0 Å². The maximum atomic E-state index is 5.39. The van der Waals surface area contributed by atoms with E-state index < -0.39 is 0 Å². The SMILES string of the molecule is CCCCNc1nn(Cc2ccco2)c2ncccc12. The summed E-state index contributed by atoms with van der Waals surface area (Å²) in [6.07, 6.45) is 5.76. The summed E-state index contributed by atoms with van der Waals surface area (Å²) in [5.41, 5.74) is 0.878. The zero-order valence-electron chi connectivity index (χ0n) is 11.5. The summed E-state index contributed by atoms with van der Waals surface area (Å²) in [6.45, 7) is 3.70. The van der Waals surface area contributed by atoms with Crippen LogP contribution < -0.4 is 5.32 Å². The van der Waals surface area contributed by atoms with Gasteiger partial charge in [-0.15, -0.1) is 0 Å². The highest BCUT2D eigenvalue weighted by molar-refractivity contribution is 5.87. The summed E-state index contributed by atoms with van der Waals surface area (Å²) < 4.78 is 7.26. The van der Waals surface area contributed by atoms with Crippen molar-refractivity contribution >= 4 is 16.9 Å². The number of anilines is 1. The van der Waals surface area contributed by atoms with Crippen molar-refractivity contribution in [3.8, 4) is 0 Å². The molecule has 0 radical (unpaired) electrons. The highest BCUT2D eigenvalue weighted by atomic mass is 16.3. The molecule has 0 aromatic carbocycles. The standard InChI is InChI=1S/C15H18N4O/c1-2-3-8-16-14-13-7-4-9-17-15(13)19(18-14)11-12-6-5-10-20-12/h4-7,9-10H,2-3,8,11H2,1H3,(H,16,18). The largest absolute Gasteiger partial charge is 0.467 e. The molecule has 0 bridgehead atoms. The van der Waals surface area contributed by atoms with Gasteiger partial charge in [0.15, 0.2) is 11.5 Å². The third-order valence-corrected chi connectivity index (χ3v) is 3.22. The Bertz CT molecular complexity index is 672. The van der Waals surface area contributed by atoms with Crippen molar-refractivity contribution in [2.24, 2.45) is 0 Å². The molecule has 1 N–H and O–H groups in total. The predicted molar refractivity (Wildman–Crippen MR) is 78.7 cm³/mol. The number of nitrogens with zero attached hydrogens (tertiary/aromatic N) is 3. The Morgan fingerprint density at radius 3 is 3.05 bits per heavy atom. The van der Waals surface area contributed by atoms with Crippen molar-refractivity contribution in [1.29, 1.82) is 0 Å². The molecule has 3 aromatic heterocycles. The molecule has 0 amide bonds. The quantitative estimate of drug-likeness (QED) is 0.698. The number of fused-ring (bicyclic) bond motifs is 1. The average molecular weight is 270 g/mol. The Morgan fingerprint density at radius 2 is 2.25 bits per heavy atom. The number of pyridine rings is 1. The average Bonchev–Trinajstić information content (AvgIpc) is 3.09. The van der Waals surface area contributed by atoms with Crippen LogP contribution in [0.2, 0.25) is 0 Å². The van der Waals surface area contributed by atoms with Gasteiger partial charge in [0.25, 0.3) is 0 Å². The fourth-order valence-electron chi connectivity index (χ4n) is 2.18. The van der Waals surface area contributed by atoms with E-state index in [-0.39, 0.29) is 0 Å². The van der Waals surface area contributed by atoms with E-state index in [1.165, 1.54) is 0 Å². The number of nitrogens with one attached hydrogen (secondary N) is 1. The minimum Gasteiger partial charge on any atom is -0.467 e. The zero-order valence-corrected chi connectivity index (χ0v) is 11.5. The second kappa shape index (κ2) is 5.77. The number of unbranched alkanes of at least 4 members (excludes halogenated alkanes) is 1. The van der Waals surface area contributed by atoms with E-state index in [9.17, 15) is 0 Å². The fraction of sp³-hybridized carbons (Fsp3) is 0.333. The Hall–Kier alpha value is -2.30. The van der Waals surface area contributed by atoms with Gasteiger partial charge in [-0.2, -0.15) is 5.10 Å². The van der Waals surface area contributed by atoms with Crippen LogP contribution in [0.1, 0.15) is 25.5 Å². The first-order chi connectivity index (χ1) is 9.88. The summed E-state index contributed by atoms with van der Waals surface area (Å²) in [5, 5.41) is 9.06. The lowest BCUT2D eigenvalue weighted by molar-refractivity contribution is 0.484. The molecule has 0 atom stereocenters. The molecule has 3 rings (SSSR count). The number of hydrogen-bond acceptors (Lipinski definition) is 4. The van der Waals surface area contributed by atoms with Gasteiger partial charge < -0.3 is 9.73 Å². The van der Waals surface area contributed by atoms with Crippen LogP contribution in [-0.2, 0) is 6.54 Å². The molecular weight excluding hydrogens is 252 g/mol. The molecule has 0 saturated carbocycles. The molecule has 104 valence electrons. The fourth-order valence-corrected chi connectivity index (χ4v) is 2.18. The topological polar surface area (TPSA) is 55.9 Å². The van der Waals surface area contributed by atoms with E-state index in [0.29, 0.717) is 6.54 Å². The summed E-state index contributed by atoms with van der Waals surface area (Å²) in [7, 11) is 0.